The van der Waals surface area contributed by atoms with E-state index in [1.807, 2.05) is 6.08 Å². The van der Waals surface area contributed by atoms with Crippen molar-refractivity contribution in [1.82, 2.24) is 4.90 Å². The summed E-state index contributed by atoms with van der Waals surface area (Å²) >= 11 is 1.40. The van der Waals surface area contributed by atoms with Crippen LogP contribution in [0.4, 0.5) is 8.78 Å². The highest BCUT2D eigenvalue weighted by atomic mass is 32.2. The Balaban J connectivity index is 1.64. The number of carbonyl (C=O) groups is 1. The van der Waals surface area contributed by atoms with E-state index in [-0.39, 0.29) is 23.6 Å². The third kappa shape index (κ3) is 3.30. The molecule has 2 aromatic carbocycles. The number of hydrogen-bond donors (Lipinski definition) is 0. The van der Waals surface area contributed by atoms with Crippen molar-refractivity contribution >= 4 is 28.9 Å². The number of amides is 1. The lowest BCUT2D eigenvalue weighted by Gasteiger charge is -2.37. The van der Waals surface area contributed by atoms with Crippen molar-refractivity contribution < 1.29 is 18.3 Å². The Morgan fingerprint density at radius 2 is 1.72 bits per heavy atom. The number of nitrogens with zero attached hydrogens (tertiary/aromatic N) is 2. The maximum Gasteiger partial charge on any atom is 0.239 e. The second kappa shape index (κ2) is 7.24. The van der Waals surface area contributed by atoms with Gasteiger partial charge in [-0.1, -0.05) is 36.0 Å². The van der Waals surface area contributed by atoms with Gasteiger partial charge < -0.3 is 4.74 Å². The summed E-state index contributed by atoms with van der Waals surface area (Å²) < 4.78 is 32.5. The maximum atomic E-state index is 13.5. The van der Waals surface area contributed by atoms with Gasteiger partial charge in [0.2, 0.25) is 5.91 Å². The standard InChI is InChI=1S/C22H16F2N2O2S/c23-16-5-1-13(2-6-16)9-15-10-28-11-18-20(15)25-22-26(19(27)12-29-22)21(18)14-3-7-17(24)8-4-14/h1-9,21H,10-12H2/b15-9-. The third-order valence-corrected chi connectivity index (χ3v) is 6.05. The fourth-order valence-electron chi connectivity index (χ4n) is 3.80. The summed E-state index contributed by atoms with van der Waals surface area (Å²) in [5, 5.41) is 0.648. The van der Waals surface area contributed by atoms with Gasteiger partial charge in [-0.2, -0.15) is 0 Å². The van der Waals surface area contributed by atoms with E-state index in [9.17, 15) is 13.6 Å². The minimum absolute atomic E-state index is 0.0238. The topological polar surface area (TPSA) is 41.9 Å². The fourth-order valence-corrected chi connectivity index (χ4v) is 4.69. The summed E-state index contributed by atoms with van der Waals surface area (Å²) in [7, 11) is 0. The van der Waals surface area contributed by atoms with Crippen LogP contribution in [0.2, 0.25) is 0 Å². The van der Waals surface area contributed by atoms with Gasteiger partial charge >= 0.3 is 0 Å². The van der Waals surface area contributed by atoms with Crippen LogP contribution >= 0.6 is 11.8 Å². The highest BCUT2D eigenvalue weighted by Crippen LogP contribution is 2.44. The SMILES string of the molecule is O=C1CSC2=NC3=C(COC/C3=C/c3ccc(F)cc3)C(c3ccc(F)cc3)N12. The van der Waals surface area contributed by atoms with E-state index in [2.05, 4.69) is 0 Å². The number of fused-ring (bicyclic) bond motifs is 1. The average Bonchev–Trinajstić information content (AvgIpc) is 3.10. The molecule has 5 rings (SSSR count). The monoisotopic (exact) mass is 410 g/mol. The lowest BCUT2D eigenvalue weighted by atomic mass is 9.91. The number of hydrogen-bond acceptors (Lipinski definition) is 4. The van der Waals surface area contributed by atoms with Crippen molar-refractivity contribution in [2.45, 2.75) is 6.04 Å². The van der Waals surface area contributed by atoms with Crippen molar-refractivity contribution in [1.29, 1.82) is 0 Å². The molecule has 1 unspecified atom stereocenters. The van der Waals surface area contributed by atoms with Crippen molar-refractivity contribution in [2.75, 3.05) is 19.0 Å². The van der Waals surface area contributed by atoms with E-state index in [1.165, 1.54) is 36.0 Å². The van der Waals surface area contributed by atoms with E-state index < -0.39 is 0 Å². The first-order chi connectivity index (χ1) is 14.1. The van der Waals surface area contributed by atoms with Crippen molar-refractivity contribution in [3.05, 3.63) is 88.1 Å². The van der Waals surface area contributed by atoms with Crippen LogP contribution in [0, 0.1) is 11.6 Å². The largest absolute Gasteiger partial charge is 0.372 e. The van der Waals surface area contributed by atoms with Crippen LogP contribution in [-0.4, -0.2) is 34.9 Å². The quantitative estimate of drug-likeness (QED) is 0.741. The number of thioether (sulfide) groups is 1. The predicted molar refractivity (Wildman–Crippen MR) is 108 cm³/mol. The summed E-state index contributed by atoms with van der Waals surface area (Å²) in [5.41, 5.74) is 4.19. The Kier molecular flexibility index (Phi) is 4.56. The Morgan fingerprint density at radius 1 is 1.03 bits per heavy atom. The number of ether oxygens (including phenoxy) is 1. The second-order valence-electron chi connectivity index (χ2n) is 6.99. The van der Waals surface area contributed by atoms with Crippen molar-refractivity contribution in [3.63, 3.8) is 0 Å². The molecule has 0 spiro atoms. The van der Waals surface area contributed by atoms with E-state index in [4.69, 9.17) is 9.73 Å². The number of amidine groups is 1. The van der Waals surface area contributed by atoms with Gasteiger partial charge in [0.05, 0.1) is 30.7 Å². The van der Waals surface area contributed by atoms with Gasteiger partial charge in [0.15, 0.2) is 5.17 Å². The summed E-state index contributed by atoms with van der Waals surface area (Å²) in [6, 6.07) is 12.0. The van der Waals surface area contributed by atoms with E-state index in [0.717, 1.165) is 28.0 Å². The smallest absolute Gasteiger partial charge is 0.239 e. The molecule has 1 amide bonds. The van der Waals surface area contributed by atoms with Crippen molar-refractivity contribution in [3.8, 4) is 0 Å². The minimum Gasteiger partial charge on any atom is -0.372 e. The molecule has 1 fully saturated rings. The minimum atomic E-state index is -0.377. The van der Waals surface area contributed by atoms with Gasteiger partial charge in [-0.05, 0) is 41.5 Å². The molecule has 3 aliphatic rings. The predicted octanol–water partition coefficient (Wildman–Crippen LogP) is 4.32. The second-order valence-corrected chi connectivity index (χ2v) is 7.93. The summed E-state index contributed by atoms with van der Waals surface area (Å²) in [5.74, 6) is -0.317. The lowest BCUT2D eigenvalue weighted by Crippen LogP contribution is -2.40. The van der Waals surface area contributed by atoms with Crippen LogP contribution in [0.1, 0.15) is 17.2 Å². The van der Waals surface area contributed by atoms with E-state index in [0.29, 0.717) is 24.1 Å². The molecule has 0 bridgehead atoms. The van der Waals surface area contributed by atoms with Gasteiger partial charge in [-0.25, -0.2) is 13.8 Å². The number of halogens is 2. The highest BCUT2D eigenvalue weighted by molar-refractivity contribution is 8.15. The van der Waals surface area contributed by atoms with Crippen LogP contribution in [0.5, 0.6) is 0 Å². The molecule has 29 heavy (non-hydrogen) atoms. The van der Waals surface area contributed by atoms with Crippen LogP contribution in [-0.2, 0) is 9.53 Å². The molecular weight excluding hydrogens is 394 g/mol. The summed E-state index contributed by atoms with van der Waals surface area (Å²) in [6.07, 6.45) is 1.93. The first kappa shape index (κ1) is 18.3. The molecule has 3 heterocycles. The molecule has 0 N–H and O–H groups in total. The number of carbonyl (C=O) groups excluding carboxylic acids is 1. The summed E-state index contributed by atoms with van der Waals surface area (Å²) in [4.78, 5) is 19.0. The van der Waals surface area contributed by atoms with Gasteiger partial charge in [0, 0.05) is 11.1 Å². The highest BCUT2D eigenvalue weighted by Gasteiger charge is 2.42. The molecule has 0 radical (unpaired) electrons. The zero-order valence-corrected chi connectivity index (χ0v) is 16.1. The molecule has 1 saturated heterocycles. The molecule has 0 aliphatic carbocycles. The molecule has 2 aromatic rings. The maximum absolute atomic E-state index is 13.5. The van der Waals surface area contributed by atoms with E-state index in [1.54, 1.807) is 29.2 Å². The van der Waals surface area contributed by atoms with Gasteiger partial charge in [-0.3, -0.25) is 9.69 Å². The van der Waals surface area contributed by atoms with Crippen LogP contribution in [0.15, 0.2) is 70.4 Å². The number of rotatable bonds is 2. The molecule has 7 heteroatoms. The van der Waals surface area contributed by atoms with Gasteiger partial charge in [0.25, 0.3) is 0 Å². The number of aliphatic imine (C=N–C) groups is 1. The first-order valence-corrected chi connectivity index (χ1v) is 10.1. The molecular formula is C22H16F2N2O2S. The molecule has 0 saturated carbocycles. The van der Waals surface area contributed by atoms with Crippen LogP contribution in [0.25, 0.3) is 6.08 Å². The molecule has 3 aliphatic heterocycles. The zero-order chi connectivity index (χ0) is 20.0. The molecule has 146 valence electrons. The normalized spacial score (nSPS) is 22.6. The van der Waals surface area contributed by atoms with Gasteiger partial charge in [0.1, 0.15) is 11.6 Å². The van der Waals surface area contributed by atoms with Crippen molar-refractivity contribution in [2.24, 2.45) is 4.99 Å². The van der Waals surface area contributed by atoms with Crippen LogP contribution < -0.4 is 0 Å². The third-order valence-electron chi connectivity index (χ3n) is 5.12. The molecule has 0 aromatic heterocycles. The first-order valence-electron chi connectivity index (χ1n) is 9.16. The fraction of sp³-hybridized carbons (Fsp3) is 0.182. The van der Waals surface area contributed by atoms with E-state index >= 15 is 0 Å². The Labute approximate surface area is 170 Å². The summed E-state index contributed by atoms with van der Waals surface area (Å²) in [6.45, 7) is 0.713. The molecule has 4 nitrogen and oxygen atoms in total. The zero-order valence-electron chi connectivity index (χ0n) is 15.3. The van der Waals surface area contributed by atoms with Crippen LogP contribution in [0.3, 0.4) is 0 Å². The Hall–Kier alpha value is -2.77. The average molecular weight is 410 g/mol. The number of benzene rings is 2. The Bertz CT molecular complexity index is 1070. The Morgan fingerprint density at radius 3 is 2.45 bits per heavy atom. The lowest BCUT2D eigenvalue weighted by molar-refractivity contribution is -0.125. The molecule has 1 atom stereocenters. The van der Waals surface area contributed by atoms with Gasteiger partial charge in [-0.15, -0.1) is 0 Å².